The van der Waals surface area contributed by atoms with Crippen molar-refractivity contribution in [3.63, 3.8) is 0 Å². The van der Waals surface area contributed by atoms with E-state index in [0.717, 1.165) is 0 Å². The van der Waals surface area contributed by atoms with Gasteiger partial charge in [-0.3, -0.25) is 5.41 Å². The van der Waals surface area contributed by atoms with Gasteiger partial charge in [0.1, 0.15) is 0 Å². The highest BCUT2D eigenvalue weighted by molar-refractivity contribution is 5.74. The molecule has 0 spiro atoms. The van der Waals surface area contributed by atoms with Gasteiger partial charge in [0.15, 0.2) is 5.96 Å². The molecule has 0 bridgehead atoms. The zero-order valence-electron chi connectivity index (χ0n) is 5.65. The van der Waals surface area contributed by atoms with Gasteiger partial charge in [-0.05, 0) is 12.5 Å². The molecule has 0 saturated heterocycles. The fourth-order valence-electron chi connectivity index (χ4n) is 0.368. The molecule has 0 aromatic carbocycles. The summed E-state index contributed by atoms with van der Waals surface area (Å²) in [5, 5.41) is 9.47. The molecule has 6 N–H and O–H groups in total. The number of nitrogens with one attached hydrogen (secondary N) is 2. The molecule has 0 aromatic rings. The van der Waals surface area contributed by atoms with Crippen LogP contribution in [-0.4, -0.2) is 19.0 Å². The molecule has 0 fully saturated rings. The van der Waals surface area contributed by atoms with Gasteiger partial charge in [0.05, 0.1) is 0 Å². The molecule has 0 heterocycles. The minimum atomic E-state index is 0.00954. The predicted octanol–water partition coefficient (Wildman–Crippen LogP) is -0.936. The van der Waals surface area contributed by atoms with E-state index in [9.17, 15) is 0 Å². The van der Waals surface area contributed by atoms with Crippen LogP contribution in [0, 0.1) is 11.3 Å². The summed E-state index contributed by atoms with van der Waals surface area (Å²) in [4.78, 5) is 0. The molecule has 4 heteroatoms. The summed E-state index contributed by atoms with van der Waals surface area (Å²) in [7, 11) is 0. The molecular formula is C5H14N4. The van der Waals surface area contributed by atoms with E-state index in [1.54, 1.807) is 0 Å². The third kappa shape index (κ3) is 5.10. The molecule has 0 aliphatic carbocycles. The first kappa shape index (κ1) is 8.23. The second-order valence-electron chi connectivity index (χ2n) is 2.14. The minimum Gasteiger partial charge on any atom is -0.370 e. The quantitative estimate of drug-likeness (QED) is 0.294. The molecule has 0 aliphatic heterocycles. The summed E-state index contributed by atoms with van der Waals surface area (Å²) < 4.78 is 0. The molecular weight excluding hydrogens is 116 g/mol. The van der Waals surface area contributed by atoms with E-state index in [1.165, 1.54) is 0 Å². The van der Waals surface area contributed by atoms with Gasteiger partial charge in [0.2, 0.25) is 0 Å². The fraction of sp³-hybridized carbons (Fsp3) is 0.800. The third-order valence-corrected chi connectivity index (χ3v) is 1.04. The lowest BCUT2D eigenvalue weighted by molar-refractivity contribution is 0.576. The van der Waals surface area contributed by atoms with Crippen molar-refractivity contribution in [2.24, 2.45) is 17.4 Å². The van der Waals surface area contributed by atoms with Crippen molar-refractivity contribution in [1.29, 1.82) is 5.41 Å². The van der Waals surface area contributed by atoms with E-state index in [1.807, 2.05) is 6.92 Å². The Morgan fingerprint density at radius 2 is 2.33 bits per heavy atom. The van der Waals surface area contributed by atoms with Gasteiger partial charge in [-0.25, -0.2) is 0 Å². The molecule has 54 valence electrons. The average molecular weight is 130 g/mol. The molecule has 0 saturated carbocycles. The largest absolute Gasteiger partial charge is 0.370 e. The van der Waals surface area contributed by atoms with Gasteiger partial charge >= 0.3 is 0 Å². The standard InChI is InChI=1S/C5H14N4/c1-4(2-6)3-9-5(7)8/h4H,2-3,6H2,1H3,(H4,7,8,9). The molecule has 9 heavy (non-hydrogen) atoms. The third-order valence-electron chi connectivity index (χ3n) is 1.04. The molecule has 0 radical (unpaired) electrons. The minimum absolute atomic E-state index is 0.00954. The van der Waals surface area contributed by atoms with Crippen LogP contribution in [0.4, 0.5) is 0 Å². The van der Waals surface area contributed by atoms with Gasteiger partial charge in [0, 0.05) is 6.54 Å². The first-order valence-electron chi connectivity index (χ1n) is 2.94. The lowest BCUT2D eigenvalue weighted by Gasteiger charge is -2.08. The highest BCUT2D eigenvalue weighted by atomic mass is 15.0. The second-order valence-corrected chi connectivity index (χ2v) is 2.14. The van der Waals surface area contributed by atoms with E-state index in [2.05, 4.69) is 5.32 Å². The Morgan fingerprint density at radius 3 is 2.67 bits per heavy atom. The zero-order valence-corrected chi connectivity index (χ0v) is 5.65. The van der Waals surface area contributed by atoms with Gasteiger partial charge in [-0.2, -0.15) is 0 Å². The van der Waals surface area contributed by atoms with Crippen LogP contribution in [0.2, 0.25) is 0 Å². The Kier molecular flexibility index (Phi) is 3.79. The second kappa shape index (κ2) is 4.14. The Hall–Kier alpha value is -0.770. The number of rotatable bonds is 3. The molecule has 0 aromatic heterocycles. The van der Waals surface area contributed by atoms with Crippen LogP contribution < -0.4 is 16.8 Å². The van der Waals surface area contributed by atoms with Crippen LogP contribution in [0.15, 0.2) is 0 Å². The normalized spacial score (nSPS) is 12.7. The highest BCUT2D eigenvalue weighted by Crippen LogP contribution is 1.84. The summed E-state index contributed by atoms with van der Waals surface area (Å²) in [6.45, 7) is 3.31. The SMILES string of the molecule is CC(CN)CNC(=N)N. The molecule has 0 amide bonds. The van der Waals surface area contributed by atoms with Crippen LogP contribution >= 0.6 is 0 Å². The highest BCUT2D eigenvalue weighted by Gasteiger charge is 1.96. The van der Waals surface area contributed by atoms with Gasteiger partial charge < -0.3 is 16.8 Å². The molecule has 1 unspecified atom stereocenters. The van der Waals surface area contributed by atoms with E-state index in [4.69, 9.17) is 16.9 Å². The average Bonchev–Trinajstić information content (AvgIpc) is 1.83. The predicted molar refractivity (Wildman–Crippen MR) is 38.1 cm³/mol. The molecule has 0 aliphatic rings. The van der Waals surface area contributed by atoms with Gasteiger partial charge in [-0.1, -0.05) is 6.92 Å². The van der Waals surface area contributed by atoms with Crippen LogP contribution in [0.5, 0.6) is 0 Å². The maximum Gasteiger partial charge on any atom is 0.185 e. The maximum atomic E-state index is 6.79. The molecule has 1 atom stereocenters. The lowest BCUT2D eigenvalue weighted by Crippen LogP contribution is -2.35. The van der Waals surface area contributed by atoms with E-state index in [-0.39, 0.29) is 5.96 Å². The topological polar surface area (TPSA) is 87.9 Å². The van der Waals surface area contributed by atoms with Crippen LogP contribution in [0.25, 0.3) is 0 Å². The Bertz CT molecular complexity index is 91.0. The Balaban J connectivity index is 3.16. The number of hydrogen-bond acceptors (Lipinski definition) is 2. The summed E-state index contributed by atoms with van der Waals surface area (Å²) >= 11 is 0. The van der Waals surface area contributed by atoms with Crippen molar-refractivity contribution in [2.45, 2.75) is 6.92 Å². The van der Waals surface area contributed by atoms with Gasteiger partial charge in [0.25, 0.3) is 0 Å². The number of guanidine groups is 1. The van der Waals surface area contributed by atoms with Crippen molar-refractivity contribution < 1.29 is 0 Å². The van der Waals surface area contributed by atoms with Crippen molar-refractivity contribution in [3.8, 4) is 0 Å². The number of hydrogen-bond donors (Lipinski definition) is 4. The first-order chi connectivity index (χ1) is 4.16. The maximum absolute atomic E-state index is 6.79. The summed E-state index contributed by atoms with van der Waals surface area (Å²) in [5.41, 5.74) is 10.3. The summed E-state index contributed by atoms with van der Waals surface area (Å²) in [6, 6.07) is 0. The fourth-order valence-corrected chi connectivity index (χ4v) is 0.368. The summed E-state index contributed by atoms with van der Waals surface area (Å²) in [6.07, 6.45) is 0. The summed E-state index contributed by atoms with van der Waals surface area (Å²) in [5.74, 6) is 0.393. The number of nitrogens with two attached hydrogens (primary N) is 2. The Morgan fingerprint density at radius 1 is 1.78 bits per heavy atom. The van der Waals surface area contributed by atoms with Crippen LogP contribution in [0.3, 0.4) is 0 Å². The lowest BCUT2D eigenvalue weighted by atomic mass is 10.2. The first-order valence-corrected chi connectivity index (χ1v) is 2.94. The molecule has 4 nitrogen and oxygen atoms in total. The Labute approximate surface area is 55.1 Å². The van der Waals surface area contributed by atoms with Crippen LogP contribution in [-0.2, 0) is 0 Å². The zero-order chi connectivity index (χ0) is 7.28. The van der Waals surface area contributed by atoms with Crippen molar-refractivity contribution in [1.82, 2.24) is 5.32 Å². The van der Waals surface area contributed by atoms with Crippen molar-refractivity contribution >= 4 is 5.96 Å². The van der Waals surface area contributed by atoms with Gasteiger partial charge in [-0.15, -0.1) is 0 Å². The van der Waals surface area contributed by atoms with Crippen molar-refractivity contribution in [3.05, 3.63) is 0 Å². The van der Waals surface area contributed by atoms with E-state index < -0.39 is 0 Å². The van der Waals surface area contributed by atoms with E-state index >= 15 is 0 Å². The van der Waals surface area contributed by atoms with Crippen molar-refractivity contribution in [2.75, 3.05) is 13.1 Å². The monoisotopic (exact) mass is 130 g/mol. The van der Waals surface area contributed by atoms with E-state index in [0.29, 0.717) is 19.0 Å². The molecule has 0 rings (SSSR count). The smallest absolute Gasteiger partial charge is 0.185 e. The van der Waals surface area contributed by atoms with Crippen LogP contribution in [0.1, 0.15) is 6.92 Å².